The van der Waals surface area contributed by atoms with Crippen molar-refractivity contribution in [1.29, 1.82) is 0 Å². The van der Waals surface area contributed by atoms with Gasteiger partial charge in [0.15, 0.2) is 0 Å². The number of aromatic nitrogens is 2. The second kappa shape index (κ2) is 2.60. The molecule has 0 radical (unpaired) electrons. The van der Waals surface area contributed by atoms with Crippen LogP contribution >= 0.6 is 0 Å². The Hall–Kier alpha value is -1.35. The Labute approximate surface area is 70.8 Å². The van der Waals surface area contributed by atoms with Gasteiger partial charge in [-0.1, -0.05) is 0 Å². The van der Waals surface area contributed by atoms with Gasteiger partial charge in [0.2, 0.25) is 0 Å². The summed E-state index contributed by atoms with van der Waals surface area (Å²) in [6, 6.07) is 6.12. The Morgan fingerprint density at radius 1 is 1.50 bits per heavy atom. The van der Waals surface area contributed by atoms with Crippen molar-refractivity contribution < 1.29 is 0 Å². The summed E-state index contributed by atoms with van der Waals surface area (Å²) in [6.45, 7) is 2.57. The van der Waals surface area contributed by atoms with Gasteiger partial charge < -0.3 is 5.73 Å². The Kier molecular flexibility index (Phi) is 1.59. The molecule has 0 unspecified atom stereocenters. The number of fused-ring (bicyclic) bond motifs is 1. The lowest BCUT2D eigenvalue weighted by atomic mass is 10.3. The summed E-state index contributed by atoms with van der Waals surface area (Å²) in [4.78, 5) is 0. The van der Waals surface area contributed by atoms with E-state index in [1.54, 1.807) is 0 Å². The normalized spacial score (nSPS) is 10.8. The molecule has 12 heavy (non-hydrogen) atoms. The zero-order chi connectivity index (χ0) is 8.55. The van der Waals surface area contributed by atoms with Crippen LogP contribution in [0.4, 0.5) is 0 Å². The standard InChI is InChI=1S/C9H11N3/c1-7-2-3-12-9(4-7)5-8(6-10)11-12/h2-5H,6,10H2,1H3. The molecule has 62 valence electrons. The molecular weight excluding hydrogens is 150 g/mol. The molecule has 0 aromatic carbocycles. The van der Waals surface area contributed by atoms with Gasteiger partial charge in [0.05, 0.1) is 11.2 Å². The minimum atomic E-state index is 0.501. The van der Waals surface area contributed by atoms with E-state index in [-0.39, 0.29) is 0 Å². The summed E-state index contributed by atoms with van der Waals surface area (Å²) in [5.74, 6) is 0. The van der Waals surface area contributed by atoms with Crippen LogP contribution in [0.3, 0.4) is 0 Å². The van der Waals surface area contributed by atoms with E-state index in [1.165, 1.54) is 5.56 Å². The molecule has 3 nitrogen and oxygen atoms in total. The molecule has 2 N–H and O–H groups in total. The lowest BCUT2D eigenvalue weighted by molar-refractivity contribution is 0.882. The number of rotatable bonds is 1. The van der Waals surface area contributed by atoms with E-state index in [2.05, 4.69) is 18.1 Å². The molecule has 2 heterocycles. The SMILES string of the molecule is Cc1ccn2nc(CN)cc2c1. The molecule has 0 amide bonds. The predicted octanol–water partition coefficient (Wildman–Crippen LogP) is 1.10. The molecule has 0 atom stereocenters. The van der Waals surface area contributed by atoms with Crippen LogP contribution in [0.5, 0.6) is 0 Å². The van der Waals surface area contributed by atoms with Crippen LogP contribution < -0.4 is 5.73 Å². The van der Waals surface area contributed by atoms with Crippen LogP contribution in [0.25, 0.3) is 5.52 Å². The molecule has 3 heteroatoms. The Morgan fingerprint density at radius 2 is 2.33 bits per heavy atom. The maximum absolute atomic E-state index is 5.48. The zero-order valence-corrected chi connectivity index (χ0v) is 6.99. The van der Waals surface area contributed by atoms with Crippen molar-refractivity contribution >= 4 is 5.52 Å². The molecule has 0 fully saturated rings. The van der Waals surface area contributed by atoms with Crippen molar-refractivity contribution in [3.63, 3.8) is 0 Å². The highest BCUT2D eigenvalue weighted by Crippen LogP contribution is 2.07. The molecule has 2 aromatic heterocycles. The lowest BCUT2D eigenvalue weighted by Gasteiger charge is -1.92. The molecular formula is C9H11N3. The average molecular weight is 161 g/mol. The minimum absolute atomic E-state index is 0.501. The minimum Gasteiger partial charge on any atom is -0.325 e. The predicted molar refractivity (Wildman–Crippen MR) is 47.8 cm³/mol. The largest absolute Gasteiger partial charge is 0.325 e. The van der Waals surface area contributed by atoms with E-state index in [4.69, 9.17) is 5.73 Å². The molecule has 0 aliphatic heterocycles. The van der Waals surface area contributed by atoms with Crippen molar-refractivity contribution in [3.05, 3.63) is 35.7 Å². The van der Waals surface area contributed by atoms with Crippen LogP contribution in [0.2, 0.25) is 0 Å². The van der Waals surface area contributed by atoms with E-state index >= 15 is 0 Å². The first-order valence-corrected chi connectivity index (χ1v) is 3.94. The van der Waals surface area contributed by atoms with Gasteiger partial charge in [-0.05, 0) is 30.7 Å². The van der Waals surface area contributed by atoms with Crippen LogP contribution in [0, 0.1) is 6.92 Å². The van der Waals surface area contributed by atoms with Crippen LogP contribution in [-0.4, -0.2) is 9.61 Å². The van der Waals surface area contributed by atoms with Crippen LogP contribution in [-0.2, 0) is 6.54 Å². The van der Waals surface area contributed by atoms with Gasteiger partial charge in [-0.25, -0.2) is 4.52 Å². The molecule has 0 aliphatic carbocycles. The fourth-order valence-corrected chi connectivity index (χ4v) is 1.26. The van der Waals surface area contributed by atoms with E-state index in [0.717, 1.165) is 11.2 Å². The molecule has 0 saturated heterocycles. The van der Waals surface area contributed by atoms with E-state index in [0.29, 0.717) is 6.54 Å². The number of hydrogen-bond acceptors (Lipinski definition) is 2. The van der Waals surface area contributed by atoms with Gasteiger partial charge in [-0.2, -0.15) is 5.10 Å². The van der Waals surface area contributed by atoms with Gasteiger partial charge in [0.25, 0.3) is 0 Å². The monoisotopic (exact) mass is 161 g/mol. The van der Waals surface area contributed by atoms with Crippen molar-refractivity contribution in [2.24, 2.45) is 5.73 Å². The van der Waals surface area contributed by atoms with Gasteiger partial charge in [-0.3, -0.25) is 0 Å². The number of nitrogens with zero attached hydrogens (tertiary/aromatic N) is 2. The highest BCUT2D eigenvalue weighted by Gasteiger charge is 1.98. The van der Waals surface area contributed by atoms with Gasteiger partial charge in [0.1, 0.15) is 0 Å². The molecule has 0 saturated carbocycles. The Balaban J connectivity index is 2.67. The topological polar surface area (TPSA) is 43.3 Å². The van der Waals surface area contributed by atoms with E-state index < -0.39 is 0 Å². The highest BCUT2D eigenvalue weighted by molar-refractivity contribution is 5.49. The fraction of sp³-hybridized carbons (Fsp3) is 0.222. The average Bonchev–Trinajstić information content (AvgIpc) is 2.46. The number of nitrogens with two attached hydrogens (primary N) is 1. The highest BCUT2D eigenvalue weighted by atomic mass is 15.2. The summed E-state index contributed by atoms with van der Waals surface area (Å²) < 4.78 is 1.84. The quantitative estimate of drug-likeness (QED) is 0.680. The van der Waals surface area contributed by atoms with Gasteiger partial charge in [0, 0.05) is 12.7 Å². The molecule has 0 bridgehead atoms. The molecule has 2 aromatic rings. The van der Waals surface area contributed by atoms with Crippen molar-refractivity contribution in [3.8, 4) is 0 Å². The maximum atomic E-state index is 5.48. The summed E-state index contributed by atoms with van der Waals surface area (Å²) in [7, 11) is 0. The second-order valence-electron chi connectivity index (χ2n) is 2.91. The summed E-state index contributed by atoms with van der Waals surface area (Å²) in [5, 5.41) is 4.26. The number of pyridine rings is 1. The van der Waals surface area contributed by atoms with Crippen molar-refractivity contribution in [1.82, 2.24) is 9.61 Å². The second-order valence-corrected chi connectivity index (χ2v) is 2.91. The summed E-state index contributed by atoms with van der Waals surface area (Å²) in [6.07, 6.45) is 1.95. The zero-order valence-electron chi connectivity index (χ0n) is 6.99. The third-order valence-corrected chi connectivity index (χ3v) is 1.88. The van der Waals surface area contributed by atoms with Crippen LogP contribution in [0.1, 0.15) is 11.3 Å². The molecule has 2 rings (SSSR count). The van der Waals surface area contributed by atoms with E-state index in [1.807, 2.05) is 22.8 Å². The maximum Gasteiger partial charge on any atom is 0.0770 e. The third-order valence-electron chi connectivity index (χ3n) is 1.88. The van der Waals surface area contributed by atoms with Gasteiger partial charge >= 0.3 is 0 Å². The summed E-state index contributed by atoms with van der Waals surface area (Å²) in [5.41, 5.74) is 8.76. The Morgan fingerprint density at radius 3 is 3.08 bits per heavy atom. The number of aryl methyl sites for hydroxylation is 1. The summed E-state index contributed by atoms with van der Waals surface area (Å²) >= 11 is 0. The lowest BCUT2D eigenvalue weighted by Crippen LogP contribution is -1.96. The third kappa shape index (κ3) is 1.08. The van der Waals surface area contributed by atoms with Crippen molar-refractivity contribution in [2.75, 3.05) is 0 Å². The number of hydrogen-bond donors (Lipinski definition) is 1. The smallest absolute Gasteiger partial charge is 0.0770 e. The van der Waals surface area contributed by atoms with Crippen LogP contribution in [0.15, 0.2) is 24.4 Å². The van der Waals surface area contributed by atoms with E-state index in [9.17, 15) is 0 Å². The molecule has 0 aliphatic rings. The fourth-order valence-electron chi connectivity index (χ4n) is 1.26. The Bertz CT molecular complexity index is 403. The first-order chi connectivity index (χ1) is 5.79. The van der Waals surface area contributed by atoms with Gasteiger partial charge in [-0.15, -0.1) is 0 Å². The molecule has 0 spiro atoms. The first kappa shape index (κ1) is 7.31. The first-order valence-electron chi connectivity index (χ1n) is 3.94. The van der Waals surface area contributed by atoms with Crippen molar-refractivity contribution in [2.45, 2.75) is 13.5 Å².